The molecule has 27 heavy (non-hydrogen) atoms. The number of alkyl halides is 2. The Kier molecular flexibility index (Phi) is 6.03. The second kappa shape index (κ2) is 8.84. The molecule has 2 aromatic carbocycles. The Labute approximate surface area is 154 Å². The van der Waals surface area contributed by atoms with Crippen molar-refractivity contribution >= 4 is 5.91 Å². The molecule has 7 nitrogen and oxygen atoms in total. The Morgan fingerprint density at radius 2 is 1.81 bits per heavy atom. The summed E-state index contributed by atoms with van der Waals surface area (Å²) in [6.07, 6.45) is 1.82. The number of amides is 1. The molecule has 0 aliphatic carbocycles. The molecule has 1 aromatic heterocycles. The zero-order valence-electron chi connectivity index (χ0n) is 14.2. The number of halogens is 2. The van der Waals surface area contributed by atoms with Crippen molar-refractivity contribution in [3.05, 3.63) is 72.1 Å². The highest BCUT2D eigenvalue weighted by Crippen LogP contribution is 2.16. The third-order valence-electron chi connectivity index (χ3n) is 3.87. The van der Waals surface area contributed by atoms with Gasteiger partial charge in [-0.25, -0.2) is 4.68 Å². The minimum atomic E-state index is -2.87. The molecule has 0 saturated heterocycles. The summed E-state index contributed by atoms with van der Waals surface area (Å²) in [5, 5.41) is 13.9. The molecule has 0 bridgehead atoms. The molecule has 140 valence electrons. The van der Waals surface area contributed by atoms with Crippen molar-refractivity contribution in [2.75, 3.05) is 0 Å². The van der Waals surface area contributed by atoms with Gasteiger partial charge in [-0.05, 0) is 33.7 Å². The highest BCUT2D eigenvalue weighted by atomic mass is 19.3. The monoisotopic (exact) mass is 373 g/mol. The third-order valence-corrected chi connectivity index (χ3v) is 3.87. The molecule has 0 aliphatic heterocycles. The average molecular weight is 373 g/mol. The average Bonchev–Trinajstić information content (AvgIpc) is 3.20. The standard InChI is InChI=1S/C18H17F2N5O2/c19-18(20)27-15-8-6-14(7-9-15)11-21-17(26)16(25-12-22-23-24-25)10-13-4-2-1-3-5-13/h1-9,12,16,18H,10-11H2,(H,21,26)/t16-/m1/s1. The minimum absolute atomic E-state index is 0.0655. The van der Waals surface area contributed by atoms with Gasteiger partial charge in [-0.15, -0.1) is 5.10 Å². The molecular weight excluding hydrogens is 356 g/mol. The lowest BCUT2D eigenvalue weighted by atomic mass is 10.1. The first-order valence-electron chi connectivity index (χ1n) is 8.19. The number of benzene rings is 2. The number of hydrogen-bond acceptors (Lipinski definition) is 5. The second-order valence-corrected chi connectivity index (χ2v) is 5.74. The van der Waals surface area contributed by atoms with Gasteiger partial charge in [0.2, 0.25) is 5.91 Å². The lowest BCUT2D eigenvalue weighted by Gasteiger charge is -2.16. The van der Waals surface area contributed by atoms with Crippen LogP contribution in [0, 0.1) is 0 Å². The van der Waals surface area contributed by atoms with Gasteiger partial charge in [-0.3, -0.25) is 4.79 Å². The van der Waals surface area contributed by atoms with E-state index in [-0.39, 0.29) is 18.2 Å². The smallest absolute Gasteiger partial charge is 0.387 e. The Morgan fingerprint density at radius 1 is 1.07 bits per heavy atom. The maximum Gasteiger partial charge on any atom is 0.387 e. The minimum Gasteiger partial charge on any atom is -0.435 e. The van der Waals surface area contributed by atoms with E-state index in [2.05, 4.69) is 25.6 Å². The summed E-state index contributed by atoms with van der Waals surface area (Å²) in [7, 11) is 0. The van der Waals surface area contributed by atoms with E-state index in [1.165, 1.54) is 23.1 Å². The number of carbonyl (C=O) groups is 1. The summed E-state index contributed by atoms with van der Waals surface area (Å²) in [5.74, 6) is -0.185. The predicted octanol–water partition coefficient (Wildman–Crippen LogP) is 2.37. The first-order chi connectivity index (χ1) is 13.1. The van der Waals surface area contributed by atoms with Crippen molar-refractivity contribution < 1.29 is 18.3 Å². The van der Waals surface area contributed by atoms with Crippen LogP contribution >= 0.6 is 0 Å². The number of tetrazole rings is 1. The van der Waals surface area contributed by atoms with Crippen LogP contribution in [0.25, 0.3) is 0 Å². The van der Waals surface area contributed by atoms with Gasteiger partial charge in [0.25, 0.3) is 0 Å². The molecule has 1 amide bonds. The Hall–Kier alpha value is -3.36. The predicted molar refractivity (Wildman–Crippen MR) is 91.9 cm³/mol. The largest absolute Gasteiger partial charge is 0.435 e. The normalized spacial score (nSPS) is 12.0. The Morgan fingerprint density at radius 3 is 2.44 bits per heavy atom. The third kappa shape index (κ3) is 5.30. The van der Waals surface area contributed by atoms with E-state index in [9.17, 15) is 13.6 Å². The van der Waals surface area contributed by atoms with Crippen molar-refractivity contribution in [3.63, 3.8) is 0 Å². The Balaban J connectivity index is 1.64. The number of rotatable bonds is 8. The first-order valence-corrected chi connectivity index (χ1v) is 8.19. The van der Waals surface area contributed by atoms with E-state index in [1.807, 2.05) is 30.3 Å². The van der Waals surface area contributed by atoms with Crippen LogP contribution in [-0.2, 0) is 17.8 Å². The molecule has 1 atom stereocenters. The van der Waals surface area contributed by atoms with E-state index in [4.69, 9.17) is 0 Å². The van der Waals surface area contributed by atoms with Gasteiger partial charge in [0.05, 0.1) is 0 Å². The number of nitrogens with one attached hydrogen (secondary N) is 1. The van der Waals surface area contributed by atoms with Gasteiger partial charge in [-0.2, -0.15) is 8.78 Å². The number of aromatic nitrogens is 4. The maximum atomic E-state index is 12.7. The number of carbonyl (C=O) groups excluding carboxylic acids is 1. The zero-order valence-corrected chi connectivity index (χ0v) is 14.2. The molecule has 0 radical (unpaired) electrons. The lowest BCUT2D eigenvalue weighted by Crippen LogP contribution is -2.34. The fourth-order valence-electron chi connectivity index (χ4n) is 2.55. The van der Waals surface area contributed by atoms with Gasteiger partial charge >= 0.3 is 6.61 Å². The number of ether oxygens (including phenoxy) is 1. The van der Waals surface area contributed by atoms with Crippen LogP contribution in [-0.4, -0.2) is 32.7 Å². The molecule has 1 heterocycles. The zero-order chi connectivity index (χ0) is 19.1. The van der Waals surface area contributed by atoms with Gasteiger partial charge in [0.1, 0.15) is 18.1 Å². The van der Waals surface area contributed by atoms with Gasteiger partial charge in [0.15, 0.2) is 0 Å². The molecule has 0 fully saturated rings. The molecule has 0 unspecified atom stereocenters. The number of nitrogens with zero attached hydrogens (tertiary/aromatic N) is 4. The fraction of sp³-hybridized carbons (Fsp3) is 0.222. The first kappa shape index (κ1) is 18.4. The van der Waals surface area contributed by atoms with Crippen LogP contribution in [0.2, 0.25) is 0 Å². The highest BCUT2D eigenvalue weighted by molar-refractivity contribution is 5.80. The van der Waals surface area contributed by atoms with Gasteiger partial charge < -0.3 is 10.1 Å². The fourth-order valence-corrected chi connectivity index (χ4v) is 2.55. The second-order valence-electron chi connectivity index (χ2n) is 5.74. The molecule has 0 saturated carbocycles. The molecule has 3 aromatic rings. The number of hydrogen-bond donors (Lipinski definition) is 1. The topological polar surface area (TPSA) is 81.9 Å². The van der Waals surface area contributed by atoms with Crippen molar-refractivity contribution in [2.45, 2.75) is 25.6 Å². The van der Waals surface area contributed by atoms with E-state index in [1.54, 1.807) is 12.1 Å². The molecular formula is C18H17F2N5O2. The van der Waals surface area contributed by atoms with Crippen LogP contribution in [0.1, 0.15) is 17.2 Å². The van der Waals surface area contributed by atoms with Crippen LogP contribution in [0.4, 0.5) is 8.78 Å². The van der Waals surface area contributed by atoms with Crippen LogP contribution < -0.4 is 10.1 Å². The quantitative estimate of drug-likeness (QED) is 0.656. The maximum absolute atomic E-state index is 12.7. The van der Waals surface area contributed by atoms with E-state index >= 15 is 0 Å². The van der Waals surface area contributed by atoms with E-state index < -0.39 is 12.7 Å². The molecule has 9 heteroatoms. The van der Waals surface area contributed by atoms with Gasteiger partial charge in [-0.1, -0.05) is 42.5 Å². The summed E-state index contributed by atoms with van der Waals surface area (Å²) in [6, 6.07) is 15.0. The van der Waals surface area contributed by atoms with Crippen molar-refractivity contribution in [1.29, 1.82) is 0 Å². The van der Waals surface area contributed by atoms with Crippen LogP contribution in [0.3, 0.4) is 0 Å². The van der Waals surface area contributed by atoms with Crippen molar-refractivity contribution in [2.24, 2.45) is 0 Å². The molecule has 1 N–H and O–H groups in total. The summed E-state index contributed by atoms with van der Waals surface area (Å²) in [5.41, 5.74) is 1.72. The summed E-state index contributed by atoms with van der Waals surface area (Å²) in [4.78, 5) is 12.7. The summed E-state index contributed by atoms with van der Waals surface area (Å²) < 4.78 is 30.1. The summed E-state index contributed by atoms with van der Waals surface area (Å²) in [6.45, 7) is -2.63. The van der Waals surface area contributed by atoms with Crippen molar-refractivity contribution in [3.8, 4) is 5.75 Å². The van der Waals surface area contributed by atoms with Crippen molar-refractivity contribution in [1.82, 2.24) is 25.5 Å². The molecule has 0 aliphatic rings. The van der Waals surface area contributed by atoms with E-state index in [0.29, 0.717) is 6.42 Å². The highest BCUT2D eigenvalue weighted by Gasteiger charge is 2.22. The van der Waals surface area contributed by atoms with Gasteiger partial charge in [0, 0.05) is 13.0 Å². The lowest BCUT2D eigenvalue weighted by molar-refractivity contribution is -0.124. The summed E-state index contributed by atoms with van der Waals surface area (Å²) >= 11 is 0. The van der Waals surface area contributed by atoms with E-state index in [0.717, 1.165) is 11.1 Å². The van der Waals surface area contributed by atoms with Crippen LogP contribution in [0.15, 0.2) is 60.9 Å². The van der Waals surface area contributed by atoms with Crippen LogP contribution in [0.5, 0.6) is 5.75 Å². The Bertz CT molecular complexity index is 842. The molecule has 0 spiro atoms. The SMILES string of the molecule is O=C(NCc1ccc(OC(F)F)cc1)[C@@H](Cc1ccccc1)n1cnnn1. The molecule has 3 rings (SSSR count).